The standard InChI is InChI=1S/C22H19N3O4/c1-2-29-19(26)14-25-18-11-7-6-10-16(18)20(22(25)28)17(12-23)21(27)24-13-15-8-4-3-5-9-15/h3-11H,2,13-14H2,1H3,(H,24,27)/b20-17+. The number of rotatable bonds is 6. The van der Waals surface area contributed by atoms with Gasteiger partial charge in [-0.25, -0.2) is 0 Å². The SMILES string of the molecule is CCOC(=O)CN1C(=O)/C(=C(\C#N)C(=O)NCc2ccccc2)c2ccccc21. The number of nitrogens with zero attached hydrogens (tertiary/aromatic N) is 2. The van der Waals surface area contributed by atoms with Gasteiger partial charge in [0.05, 0.1) is 17.9 Å². The van der Waals surface area contributed by atoms with Gasteiger partial charge in [-0.05, 0) is 18.6 Å². The number of ether oxygens (including phenoxy) is 1. The molecule has 7 heteroatoms. The molecule has 0 spiro atoms. The maximum Gasteiger partial charge on any atom is 0.326 e. The Balaban J connectivity index is 1.92. The number of esters is 1. The van der Waals surface area contributed by atoms with Crippen molar-refractivity contribution >= 4 is 29.0 Å². The van der Waals surface area contributed by atoms with Crippen LogP contribution in [0.3, 0.4) is 0 Å². The van der Waals surface area contributed by atoms with Crippen LogP contribution in [0.2, 0.25) is 0 Å². The lowest BCUT2D eigenvalue weighted by atomic mass is 10.0. The van der Waals surface area contributed by atoms with E-state index in [1.807, 2.05) is 36.4 Å². The molecule has 7 nitrogen and oxygen atoms in total. The van der Waals surface area contributed by atoms with E-state index in [2.05, 4.69) is 5.32 Å². The van der Waals surface area contributed by atoms with Crippen LogP contribution in [0.5, 0.6) is 0 Å². The topological polar surface area (TPSA) is 99.5 Å². The molecule has 3 rings (SSSR count). The first-order valence-corrected chi connectivity index (χ1v) is 9.10. The molecule has 146 valence electrons. The Morgan fingerprint density at radius 2 is 1.79 bits per heavy atom. The van der Waals surface area contributed by atoms with Crippen LogP contribution in [0.15, 0.2) is 60.2 Å². The minimum absolute atomic E-state index is 0.0158. The van der Waals surface area contributed by atoms with E-state index in [1.165, 1.54) is 4.90 Å². The third-order valence-corrected chi connectivity index (χ3v) is 4.40. The van der Waals surface area contributed by atoms with Crippen LogP contribution in [-0.4, -0.2) is 30.9 Å². The average molecular weight is 389 g/mol. The van der Waals surface area contributed by atoms with Gasteiger partial charge >= 0.3 is 5.97 Å². The molecule has 0 saturated heterocycles. The highest BCUT2D eigenvalue weighted by atomic mass is 16.5. The van der Waals surface area contributed by atoms with E-state index in [1.54, 1.807) is 31.2 Å². The van der Waals surface area contributed by atoms with E-state index in [0.29, 0.717) is 11.3 Å². The number of carbonyl (C=O) groups is 3. The second-order valence-corrected chi connectivity index (χ2v) is 6.24. The maximum absolute atomic E-state index is 13.0. The number of nitrogens with one attached hydrogen (secondary N) is 1. The first-order valence-electron chi connectivity index (χ1n) is 9.10. The Bertz CT molecular complexity index is 1020. The van der Waals surface area contributed by atoms with E-state index in [0.717, 1.165) is 5.56 Å². The summed E-state index contributed by atoms with van der Waals surface area (Å²) in [5.74, 6) is -1.79. The predicted octanol–water partition coefficient (Wildman–Crippen LogP) is 2.19. The molecule has 1 N–H and O–H groups in total. The molecule has 2 aromatic rings. The van der Waals surface area contributed by atoms with E-state index >= 15 is 0 Å². The van der Waals surface area contributed by atoms with E-state index in [4.69, 9.17) is 4.74 Å². The molecule has 29 heavy (non-hydrogen) atoms. The molecule has 0 aromatic heterocycles. The number of anilines is 1. The monoisotopic (exact) mass is 389 g/mol. The maximum atomic E-state index is 13.0. The molecule has 1 heterocycles. The quantitative estimate of drug-likeness (QED) is 0.464. The number of benzene rings is 2. The zero-order valence-electron chi connectivity index (χ0n) is 15.8. The summed E-state index contributed by atoms with van der Waals surface area (Å²) >= 11 is 0. The zero-order valence-corrected chi connectivity index (χ0v) is 15.8. The number of nitriles is 1. The lowest BCUT2D eigenvalue weighted by Crippen LogP contribution is -2.34. The number of hydrogen-bond acceptors (Lipinski definition) is 5. The van der Waals surface area contributed by atoms with Crippen LogP contribution in [-0.2, 0) is 25.7 Å². The fraction of sp³-hybridized carbons (Fsp3) is 0.182. The van der Waals surface area contributed by atoms with Gasteiger partial charge in [0.15, 0.2) is 0 Å². The van der Waals surface area contributed by atoms with Crippen molar-refractivity contribution in [1.29, 1.82) is 5.26 Å². The van der Waals surface area contributed by atoms with Crippen molar-refractivity contribution in [2.24, 2.45) is 0 Å². The van der Waals surface area contributed by atoms with Crippen LogP contribution in [0, 0.1) is 11.3 Å². The first kappa shape index (κ1) is 19.8. The summed E-state index contributed by atoms with van der Waals surface area (Å²) < 4.78 is 4.93. The van der Waals surface area contributed by atoms with Gasteiger partial charge in [0.25, 0.3) is 11.8 Å². The smallest absolute Gasteiger partial charge is 0.326 e. The molecule has 1 aliphatic heterocycles. The van der Waals surface area contributed by atoms with E-state index in [9.17, 15) is 19.6 Å². The van der Waals surface area contributed by atoms with Crippen molar-refractivity contribution in [2.75, 3.05) is 18.1 Å². The van der Waals surface area contributed by atoms with Crippen LogP contribution >= 0.6 is 0 Å². The second-order valence-electron chi connectivity index (χ2n) is 6.24. The largest absolute Gasteiger partial charge is 0.465 e. The van der Waals surface area contributed by atoms with Gasteiger partial charge in [-0.1, -0.05) is 48.5 Å². The molecule has 2 amide bonds. The van der Waals surface area contributed by atoms with Gasteiger partial charge in [0, 0.05) is 12.1 Å². The normalized spacial score (nSPS) is 14.1. The summed E-state index contributed by atoms with van der Waals surface area (Å²) in [6.07, 6.45) is 0. The van der Waals surface area contributed by atoms with Gasteiger partial charge in [0.1, 0.15) is 18.2 Å². The lowest BCUT2D eigenvalue weighted by molar-refractivity contribution is -0.142. The van der Waals surface area contributed by atoms with Gasteiger partial charge < -0.3 is 10.1 Å². The summed E-state index contributed by atoms with van der Waals surface area (Å²) in [4.78, 5) is 38.8. The molecular weight excluding hydrogens is 370 g/mol. The predicted molar refractivity (Wildman–Crippen MR) is 106 cm³/mol. The molecule has 1 aliphatic rings. The molecule has 0 bridgehead atoms. The summed E-state index contributed by atoms with van der Waals surface area (Å²) in [5, 5.41) is 12.3. The molecule has 0 aliphatic carbocycles. The van der Waals surface area contributed by atoms with Gasteiger partial charge in [0.2, 0.25) is 0 Å². The Hall–Kier alpha value is -3.92. The van der Waals surface area contributed by atoms with Crippen molar-refractivity contribution < 1.29 is 19.1 Å². The fourth-order valence-electron chi connectivity index (χ4n) is 3.10. The van der Waals surface area contributed by atoms with Crippen LogP contribution in [0.25, 0.3) is 5.57 Å². The third-order valence-electron chi connectivity index (χ3n) is 4.40. The van der Waals surface area contributed by atoms with Crippen LogP contribution in [0.1, 0.15) is 18.1 Å². The van der Waals surface area contributed by atoms with Crippen molar-refractivity contribution in [2.45, 2.75) is 13.5 Å². The van der Waals surface area contributed by atoms with E-state index < -0.39 is 17.8 Å². The molecule has 0 radical (unpaired) electrons. The molecule has 0 saturated carbocycles. The molecule has 2 aromatic carbocycles. The third kappa shape index (κ3) is 4.17. The van der Waals surface area contributed by atoms with Gasteiger partial charge in [-0.15, -0.1) is 0 Å². The highest BCUT2D eigenvalue weighted by Gasteiger charge is 2.37. The first-order chi connectivity index (χ1) is 14.1. The summed E-state index contributed by atoms with van der Waals surface area (Å²) in [6, 6.07) is 17.8. The minimum Gasteiger partial charge on any atom is -0.465 e. The molecule has 0 atom stereocenters. The number of hydrogen-bond donors (Lipinski definition) is 1. The number of amides is 2. The number of para-hydroxylation sites is 1. The Kier molecular flexibility index (Phi) is 6.05. The Morgan fingerprint density at radius 3 is 2.48 bits per heavy atom. The van der Waals surface area contributed by atoms with Crippen molar-refractivity contribution in [3.05, 3.63) is 71.3 Å². The van der Waals surface area contributed by atoms with Crippen molar-refractivity contribution in [1.82, 2.24) is 5.32 Å². The summed E-state index contributed by atoms with van der Waals surface area (Å²) in [5.41, 5.74) is 1.46. The Morgan fingerprint density at radius 1 is 1.10 bits per heavy atom. The van der Waals surface area contributed by atoms with Crippen LogP contribution < -0.4 is 10.2 Å². The highest BCUT2D eigenvalue weighted by molar-refractivity contribution is 6.37. The number of fused-ring (bicyclic) bond motifs is 1. The van der Waals surface area contributed by atoms with Crippen molar-refractivity contribution in [3.8, 4) is 6.07 Å². The average Bonchev–Trinajstić information content (AvgIpc) is 3.00. The molecular formula is C22H19N3O4. The number of carbonyl (C=O) groups excluding carboxylic acids is 3. The summed E-state index contributed by atoms with van der Waals surface area (Å²) in [7, 11) is 0. The summed E-state index contributed by atoms with van der Waals surface area (Å²) in [6.45, 7) is 1.79. The molecule has 0 unspecified atom stereocenters. The van der Waals surface area contributed by atoms with Crippen molar-refractivity contribution in [3.63, 3.8) is 0 Å². The second kappa shape index (κ2) is 8.85. The Labute approximate surface area is 168 Å². The highest BCUT2D eigenvalue weighted by Crippen LogP contribution is 2.38. The van der Waals surface area contributed by atoms with Crippen LogP contribution in [0.4, 0.5) is 5.69 Å². The fourth-order valence-corrected chi connectivity index (χ4v) is 3.10. The zero-order chi connectivity index (χ0) is 20.8. The van der Waals surface area contributed by atoms with E-state index in [-0.39, 0.29) is 30.8 Å². The molecule has 0 fully saturated rings. The van der Waals surface area contributed by atoms with Gasteiger partial charge in [-0.3, -0.25) is 19.3 Å². The van der Waals surface area contributed by atoms with Gasteiger partial charge in [-0.2, -0.15) is 5.26 Å². The minimum atomic E-state index is -0.646. The lowest BCUT2D eigenvalue weighted by Gasteiger charge is -2.15.